The molecule has 0 unspecified atom stereocenters. The molecule has 0 bridgehead atoms. The van der Waals surface area contributed by atoms with E-state index in [4.69, 9.17) is 4.74 Å². The summed E-state index contributed by atoms with van der Waals surface area (Å²) in [6.07, 6.45) is 5.79. The lowest BCUT2D eigenvalue weighted by Crippen LogP contribution is -2.29. The van der Waals surface area contributed by atoms with E-state index in [1.165, 1.54) is 19.3 Å². The second-order valence-electron chi connectivity index (χ2n) is 6.09. The summed E-state index contributed by atoms with van der Waals surface area (Å²) in [6, 6.07) is 0. The Morgan fingerprint density at radius 3 is 2.12 bits per heavy atom. The summed E-state index contributed by atoms with van der Waals surface area (Å²) < 4.78 is 5.86. The van der Waals surface area contributed by atoms with Gasteiger partial charge in [-0.15, -0.1) is 0 Å². The average Bonchev–Trinajstić information content (AvgIpc) is 2.38. The molecule has 2 fully saturated rings. The number of carbonyl (C=O) groups is 1. The zero-order valence-corrected chi connectivity index (χ0v) is 11.4. The van der Waals surface area contributed by atoms with Crippen molar-refractivity contribution in [1.82, 2.24) is 4.90 Å². The molecule has 0 aromatic heterocycles. The number of Topliss-reactive ketones (excluding diaryl/α,β-unsaturated/α-hetero) is 1. The Bertz CT molecular complexity index is 349. The van der Waals surface area contributed by atoms with Gasteiger partial charge in [-0.05, 0) is 47.0 Å². The molecule has 0 atom stereocenters. The van der Waals surface area contributed by atoms with Crippen LogP contribution >= 0.6 is 0 Å². The molecular formula is C14H23NO2. The maximum Gasteiger partial charge on any atom is 0.194 e. The molecule has 0 amide bonds. The molecular weight excluding hydrogens is 214 g/mol. The third kappa shape index (κ3) is 2.39. The molecule has 0 N–H and O–H groups in total. The van der Waals surface area contributed by atoms with Crippen LogP contribution in [0.3, 0.4) is 0 Å². The third-order valence-corrected chi connectivity index (χ3v) is 3.65. The van der Waals surface area contributed by atoms with Crippen molar-refractivity contribution in [2.45, 2.75) is 58.2 Å². The standard InChI is InChI=1S/C14H23NO2/c1-13(2)11(12(16)14(3,4)17-13)10-15-8-6-5-7-9-15/h10H,5-9H2,1-4H3/b11-10-. The lowest BCUT2D eigenvalue weighted by molar-refractivity contribution is -0.132. The minimum absolute atomic E-state index is 0.132. The minimum Gasteiger partial charge on any atom is -0.377 e. The number of likely N-dealkylation sites (tertiary alicyclic amines) is 1. The first-order valence-electron chi connectivity index (χ1n) is 6.54. The van der Waals surface area contributed by atoms with E-state index >= 15 is 0 Å². The molecule has 3 nitrogen and oxygen atoms in total. The second kappa shape index (κ2) is 4.13. The highest BCUT2D eigenvalue weighted by atomic mass is 16.5. The molecule has 3 heteroatoms. The molecule has 0 aliphatic carbocycles. The summed E-state index contributed by atoms with van der Waals surface area (Å²) in [7, 11) is 0. The first kappa shape index (κ1) is 12.6. The number of hydrogen-bond donors (Lipinski definition) is 0. The predicted octanol–water partition coefficient (Wildman–Crippen LogP) is 2.51. The molecule has 96 valence electrons. The number of hydrogen-bond acceptors (Lipinski definition) is 3. The normalized spacial score (nSPS) is 30.0. The highest BCUT2D eigenvalue weighted by Gasteiger charge is 2.49. The number of ketones is 1. The molecule has 0 aromatic rings. The van der Waals surface area contributed by atoms with E-state index in [1.54, 1.807) is 0 Å². The molecule has 0 saturated carbocycles. The molecule has 2 rings (SSSR count). The van der Waals surface area contributed by atoms with Crippen molar-refractivity contribution in [3.8, 4) is 0 Å². The Hall–Kier alpha value is -0.830. The predicted molar refractivity (Wildman–Crippen MR) is 67.8 cm³/mol. The fourth-order valence-electron chi connectivity index (χ4n) is 2.78. The van der Waals surface area contributed by atoms with E-state index in [0.29, 0.717) is 0 Å². The largest absolute Gasteiger partial charge is 0.377 e. The van der Waals surface area contributed by atoms with Gasteiger partial charge in [-0.2, -0.15) is 0 Å². The summed E-state index contributed by atoms with van der Waals surface area (Å²) in [5, 5.41) is 0. The van der Waals surface area contributed by atoms with Gasteiger partial charge in [-0.25, -0.2) is 0 Å². The van der Waals surface area contributed by atoms with E-state index in [2.05, 4.69) is 4.90 Å². The minimum atomic E-state index is -0.675. The van der Waals surface area contributed by atoms with Crippen molar-refractivity contribution in [3.63, 3.8) is 0 Å². The Morgan fingerprint density at radius 1 is 1.06 bits per heavy atom. The summed E-state index contributed by atoms with van der Waals surface area (Å²) in [5.41, 5.74) is -0.312. The van der Waals surface area contributed by atoms with Crippen LogP contribution in [0.15, 0.2) is 11.8 Å². The van der Waals surface area contributed by atoms with Crippen LogP contribution in [-0.2, 0) is 9.53 Å². The topological polar surface area (TPSA) is 29.5 Å². The summed E-state index contributed by atoms with van der Waals surface area (Å²) >= 11 is 0. The molecule has 0 radical (unpaired) electrons. The van der Waals surface area contributed by atoms with Gasteiger partial charge >= 0.3 is 0 Å². The van der Waals surface area contributed by atoms with Gasteiger partial charge in [0.1, 0.15) is 5.60 Å². The SMILES string of the molecule is CC1(C)OC(C)(C)/C(=C\N2CCCCC2)C1=O. The summed E-state index contributed by atoms with van der Waals surface area (Å²) in [6.45, 7) is 9.80. The molecule has 2 heterocycles. The highest BCUT2D eigenvalue weighted by Crippen LogP contribution is 2.38. The van der Waals surface area contributed by atoms with Crippen molar-refractivity contribution in [2.24, 2.45) is 0 Å². The molecule has 0 aromatic carbocycles. The van der Waals surface area contributed by atoms with Gasteiger partial charge in [0.15, 0.2) is 5.78 Å². The van der Waals surface area contributed by atoms with E-state index in [9.17, 15) is 4.79 Å². The smallest absolute Gasteiger partial charge is 0.194 e. The van der Waals surface area contributed by atoms with Gasteiger partial charge in [0.25, 0.3) is 0 Å². The Morgan fingerprint density at radius 2 is 1.65 bits per heavy atom. The van der Waals surface area contributed by atoms with Crippen LogP contribution in [0.2, 0.25) is 0 Å². The van der Waals surface area contributed by atoms with Crippen LogP contribution in [0.1, 0.15) is 47.0 Å². The number of rotatable bonds is 1. The van der Waals surface area contributed by atoms with Crippen LogP contribution in [0, 0.1) is 0 Å². The maximum absolute atomic E-state index is 12.3. The average molecular weight is 237 g/mol. The molecule has 0 spiro atoms. The lowest BCUT2D eigenvalue weighted by atomic mass is 9.93. The number of nitrogens with zero attached hydrogens (tertiary/aromatic N) is 1. The van der Waals surface area contributed by atoms with Gasteiger partial charge in [0.05, 0.1) is 5.60 Å². The fourth-order valence-corrected chi connectivity index (χ4v) is 2.78. The molecule has 2 aliphatic rings. The van der Waals surface area contributed by atoms with E-state index in [-0.39, 0.29) is 5.78 Å². The van der Waals surface area contributed by atoms with Crippen LogP contribution in [0.4, 0.5) is 0 Å². The van der Waals surface area contributed by atoms with Crippen molar-refractivity contribution >= 4 is 5.78 Å². The molecule has 17 heavy (non-hydrogen) atoms. The van der Waals surface area contributed by atoms with Crippen LogP contribution in [0.25, 0.3) is 0 Å². The van der Waals surface area contributed by atoms with Gasteiger partial charge < -0.3 is 9.64 Å². The van der Waals surface area contributed by atoms with Crippen molar-refractivity contribution in [1.29, 1.82) is 0 Å². The van der Waals surface area contributed by atoms with Crippen LogP contribution in [0.5, 0.6) is 0 Å². The Kier molecular flexibility index (Phi) is 3.06. The summed E-state index contributed by atoms with van der Waals surface area (Å²) in [5.74, 6) is 0.132. The number of ether oxygens (including phenoxy) is 1. The first-order valence-corrected chi connectivity index (χ1v) is 6.54. The van der Waals surface area contributed by atoms with E-state index < -0.39 is 11.2 Å². The van der Waals surface area contributed by atoms with Crippen molar-refractivity contribution in [3.05, 3.63) is 11.8 Å². The zero-order valence-electron chi connectivity index (χ0n) is 11.4. The third-order valence-electron chi connectivity index (χ3n) is 3.65. The zero-order chi connectivity index (χ0) is 12.7. The van der Waals surface area contributed by atoms with Gasteiger partial charge in [0.2, 0.25) is 0 Å². The summed E-state index contributed by atoms with van der Waals surface area (Å²) in [4.78, 5) is 14.6. The quantitative estimate of drug-likeness (QED) is 0.656. The van der Waals surface area contributed by atoms with Gasteiger partial charge in [0, 0.05) is 24.9 Å². The van der Waals surface area contributed by atoms with Crippen molar-refractivity contribution in [2.75, 3.05) is 13.1 Å². The first-order chi connectivity index (χ1) is 7.83. The lowest BCUT2D eigenvalue weighted by Gasteiger charge is -2.27. The van der Waals surface area contributed by atoms with Crippen molar-refractivity contribution < 1.29 is 9.53 Å². The Balaban J connectivity index is 2.23. The van der Waals surface area contributed by atoms with Gasteiger partial charge in [-0.1, -0.05) is 0 Å². The van der Waals surface area contributed by atoms with Crippen LogP contribution in [-0.4, -0.2) is 35.0 Å². The number of piperidine rings is 1. The number of carbonyl (C=O) groups excluding carboxylic acids is 1. The van der Waals surface area contributed by atoms with E-state index in [0.717, 1.165) is 18.7 Å². The second-order valence-corrected chi connectivity index (χ2v) is 6.09. The van der Waals surface area contributed by atoms with Crippen LogP contribution < -0.4 is 0 Å². The molecule has 2 saturated heterocycles. The molecule has 2 aliphatic heterocycles. The van der Waals surface area contributed by atoms with Gasteiger partial charge in [-0.3, -0.25) is 4.79 Å². The monoisotopic (exact) mass is 237 g/mol. The fraction of sp³-hybridized carbons (Fsp3) is 0.786. The highest BCUT2D eigenvalue weighted by molar-refractivity contribution is 6.05. The van der Waals surface area contributed by atoms with E-state index in [1.807, 2.05) is 33.9 Å². The Labute approximate surface area is 104 Å². The maximum atomic E-state index is 12.3.